The van der Waals surface area contributed by atoms with Crippen LogP contribution in [0.5, 0.6) is 0 Å². The van der Waals surface area contributed by atoms with E-state index in [1.54, 1.807) is 25.1 Å². The molecule has 1 rings (SSSR count). The monoisotopic (exact) mass is 240 g/mol. The summed E-state index contributed by atoms with van der Waals surface area (Å²) in [6, 6.07) is 7.13. The molecule has 0 radical (unpaired) electrons. The number of amides is 1. The number of nitrogens with one attached hydrogen (secondary N) is 1. The second-order valence-corrected chi connectivity index (χ2v) is 3.80. The van der Waals surface area contributed by atoms with Crippen molar-refractivity contribution in [1.82, 2.24) is 5.43 Å². The van der Waals surface area contributed by atoms with Gasteiger partial charge in [-0.3, -0.25) is 4.79 Å². The Morgan fingerprint density at radius 1 is 1.56 bits per heavy atom. The van der Waals surface area contributed by atoms with Crippen molar-refractivity contribution in [2.24, 2.45) is 5.10 Å². The molecule has 0 aliphatic heterocycles. The Morgan fingerprint density at radius 2 is 2.25 bits per heavy atom. The molecule has 0 aliphatic rings. The van der Waals surface area contributed by atoms with Crippen LogP contribution in [0.25, 0.3) is 0 Å². The van der Waals surface area contributed by atoms with E-state index in [2.05, 4.69) is 10.5 Å². The van der Waals surface area contributed by atoms with Gasteiger partial charge in [0.15, 0.2) is 0 Å². The van der Waals surface area contributed by atoms with E-state index < -0.39 is 12.0 Å². The molecule has 0 saturated carbocycles. The highest BCUT2D eigenvalue weighted by Gasteiger charge is 2.07. The fourth-order valence-corrected chi connectivity index (χ4v) is 1.20. The second kappa shape index (κ2) is 5.63. The highest BCUT2D eigenvalue weighted by atomic mass is 35.5. The molecule has 2 N–H and O–H groups in total. The van der Waals surface area contributed by atoms with Gasteiger partial charge in [0.25, 0.3) is 5.91 Å². The van der Waals surface area contributed by atoms with Crippen molar-refractivity contribution >= 4 is 23.2 Å². The minimum absolute atomic E-state index is 0.540. The molecule has 0 aliphatic carbocycles. The van der Waals surface area contributed by atoms with Gasteiger partial charge in [-0.2, -0.15) is 5.10 Å². The van der Waals surface area contributed by atoms with E-state index in [0.717, 1.165) is 5.56 Å². The van der Waals surface area contributed by atoms with E-state index in [0.29, 0.717) is 10.7 Å². The van der Waals surface area contributed by atoms with E-state index in [-0.39, 0.29) is 0 Å². The number of halogens is 1. The zero-order chi connectivity index (χ0) is 12.1. The van der Waals surface area contributed by atoms with Crippen molar-refractivity contribution in [3.63, 3.8) is 0 Å². The van der Waals surface area contributed by atoms with Crippen LogP contribution in [0, 0.1) is 0 Å². The van der Waals surface area contributed by atoms with Crippen LogP contribution in [-0.2, 0) is 4.79 Å². The van der Waals surface area contributed by atoms with Crippen LogP contribution in [0.3, 0.4) is 0 Å². The molecular weight excluding hydrogens is 228 g/mol. The first-order valence-electron chi connectivity index (χ1n) is 4.79. The van der Waals surface area contributed by atoms with Crippen LogP contribution in [0.2, 0.25) is 5.02 Å². The standard InChI is InChI=1S/C11H13ClN2O2/c1-7(13-14-11(16)8(2)15)9-4-3-5-10(12)6-9/h3-6,8,15H,1-2H3,(H,14,16). The molecule has 0 bridgehead atoms. The van der Waals surface area contributed by atoms with Crippen molar-refractivity contribution in [3.8, 4) is 0 Å². The molecule has 0 aromatic heterocycles. The van der Waals surface area contributed by atoms with E-state index in [9.17, 15) is 4.79 Å². The third kappa shape index (κ3) is 3.64. The number of benzene rings is 1. The van der Waals surface area contributed by atoms with Gasteiger partial charge in [0.1, 0.15) is 6.10 Å². The average Bonchev–Trinajstić information content (AvgIpc) is 2.25. The van der Waals surface area contributed by atoms with Gasteiger partial charge in [0, 0.05) is 5.02 Å². The Kier molecular flexibility index (Phi) is 4.46. The van der Waals surface area contributed by atoms with Crippen LogP contribution >= 0.6 is 11.6 Å². The van der Waals surface area contributed by atoms with Gasteiger partial charge in [-0.1, -0.05) is 23.7 Å². The van der Waals surface area contributed by atoms with Crippen molar-refractivity contribution in [3.05, 3.63) is 34.9 Å². The quantitative estimate of drug-likeness (QED) is 0.622. The predicted molar refractivity (Wildman–Crippen MR) is 63.5 cm³/mol. The fraction of sp³-hybridized carbons (Fsp3) is 0.273. The highest BCUT2D eigenvalue weighted by Crippen LogP contribution is 2.11. The lowest BCUT2D eigenvalue weighted by atomic mass is 10.1. The molecular formula is C11H13ClN2O2. The van der Waals surface area contributed by atoms with Gasteiger partial charge in [0.2, 0.25) is 0 Å². The van der Waals surface area contributed by atoms with Crippen molar-refractivity contribution in [2.45, 2.75) is 20.0 Å². The first-order chi connectivity index (χ1) is 7.50. The second-order valence-electron chi connectivity index (χ2n) is 3.36. The maximum Gasteiger partial charge on any atom is 0.268 e. The van der Waals surface area contributed by atoms with E-state index in [1.807, 2.05) is 6.07 Å². The van der Waals surface area contributed by atoms with E-state index in [4.69, 9.17) is 16.7 Å². The minimum Gasteiger partial charge on any atom is -0.383 e. The number of hydrazone groups is 1. The summed E-state index contributed by atoms with van der Waals surface area (Å²) in [6.07, 6.45) is -1.07. The predicted octanol–water partition coefficient (Wildman–Crippen LogP) is 1.56. The third-order valence-electron chi connectivity index (χ3n) is 1.96. The number of hydrogen-bond acceptors (Lipinski definition) is 3. The summed E-state index contributed by atoms with van der Waals surface area (Å²) < 4.78 is 0. The zero-order valence-corrected chi connectivity index (χ0v) is 9.82. The number of hydrogen-bond donors (Lipinski definition) is 2. The molecule has 0 heterocycles. The Labute approximate surface area is 98.9 Å². The number of rotatable bonds is 3. The first-order valence-corrected chi connectivity index (χ1v) is 5.16. The van der Waals surface area contributed by atoms with Crippen LogP contribution < -0.4 is 5.43 Å². The summed E-state index contributed by atoms with van der Waals surface area (Å²) in [7, 11) is 0. The Bertz CT molecular complexity index is 416. The van der Waals surface area contributed by atoms with Crippen LogP contribution in [0.4, 0.5) is 0 Å². The van der Waals surface area contributed by atoms with E-state index >= 15 is 0 Å². The Balaban J connectivity index is 2.74. The van der Waals surface area contributed by atoms with Crippen molar-refractivity contribution in [1.29, 1.82) is 0 Å². The van der Waals surface area contributed by atoms with Gasteiger partial charge >= 0.3 is 0 Å². The summed E-state index contributed by atoms with van der Waals surface area (Å²) >= 11 is 5.82. The summed E-state index contributed by atoms with van der Waals surface area (Å²) in [5, 5.41) is 13.4. The largest absolute Gasteiger partial charge is 0.383 e. The van der Waals surface area contributed by atoms with Crippen LogP contribution in [0.15, 0.2) is 29.4 Å². The molecule has 0 saturated heterocycles. The molecule has 1 amide bonds. The SMILES string of the molecule is CC(=NNC(=O)C(C)O)c1cccc(Cl)c1. The van der Waals surface area contributed by atoms with Crippen molar-refractivity contribution in [2.75, 3.05) is 0 Å². The summed E-state index contributed by atoms with van der Waals surface area (Å²) in [4.78, 5) is 11.1. The Morgan fingerprint density at radius 3 is 2.81 bits per heavy atom. The topological polar surface area (TPSA) is 61.7 Å². The Hall–Kier alpha value is -1.39. The van der Waals surface area contributed by atoms with Gasteiger partial charge in [-0.25, -0.2) is 5.43 Å². The summed E-state index contributed by atoms with van der Waals surface area (Å²) in [6.45, 7) is 3.12. The molecule has 16 heavy (non-hydrogen) atoms. The molecule has 1 unspecified atom stereocenters. The smallest absolute Gasteiger partial charge is 0.268 e. The number of nitrogens with zero attached hydrogens (tertiary/aromatic N) is 1. The first kappa shape index (κ1) is 12.7. The average molecular weight is 241 g/mol. The van der Waals surface area contributed by atoms with Crippen LogP contribution in [0.1, 0.15) is 19.4 Å². The lowest BCUT2D eigenvalue weighted by molar-refractivity contribution is -0.128. The third-order valence-corrected chi connectivity index (χ3v) is 2.19. The lowest BCUT2D eigenvalue weighted by Gasteiger charge is -2.04. The molecule has 1 atom stereocenters. The maximum absolute atomic E-state index is 11.1. The number of aliphatic hydroxyl groups excluding tert-OH is 1. The molecule has 1 aromatic rings. The molecule has 1 aromatic carbocycles. The molecule has 86 valence electrons. The van der Waals surface area contributed by atoms with Crippen molar-refractivity contribution < 1.29 is 9.90 Å². The van der Waals surface area contributed by atoms with Gasteiger partial charge in [0.05, 0.1) is 5.71 Å². The maximum atomic E-state index is 11.1. The van der Waals surface area contributed by atoms with Gasteiger partial charge in [-0.15, -0.1) is 0 Å². The minimum atomic E-state index is -1.07. The van der Waals surface area contributed by atoms with Crippen LogP contribution in [-0.4, -0.2) is 22.8 Å². The van der Waals surface area contributed by atoms with Gasteiger partial charge in [-0.05, 0) is 31.5 Å². The summed E-state index contributed by atoms with van der Waals surface area (Å²) in [5.41, 5.74) is 3.70. The number of carbonyl (C=O) groups excluding carboxylic acids is 1. The fourth-order valence-electron chi connectivity index (χ4n) is 1.01. The number of carbonyl (C=O) groups is 1. The lowest BCUT2D eigenvalue weighted by Crippen LogP contribution is -2.29. The molecule has 0 spiro atoms. The molecule has 4 nitrogen and oxygen atoms in total. The number of aliphatic hydroxyl groups is 1. The highest BCUT2D eigenvalue weighted by molar-refractivity contribution is 6.31. The zero-order valence-electron chi connectivity index (χ0n) is 9.07. The normalized spacial score (nSPS) is 13.4. The summed E-state index contributed by atoms with van der Waals surface area (Å²) in [5.74, 6) is -0.540. The van der Waals surface area contributed by atoms with E-state index in [1.165, 1.54) is 6.92 Å². The van der Waals surface area contributed by atoms with Gasteiger partial charge < -0.3 is 5.11 Å². The molecule has 0 fully saturated rings. The molecule has 5 heteroatoms.